The fourth-order valence-electron chi connectivity index (χ4n) is 2.16. The standard InChI is InChI=1S/C18H31NO2/c1-7-10-19-12-14(2)13-21-17-9-8-15(20-6)11-16(17)18(3,4)5/h8-9,11,14,19H,7,10,12-13H2,1-6H3. The van der Waals surface area contributed by atoms with Crippen molar-refractivity contribution in [2.45, 2.75) is 46.5 Å². The maximum absolute atomic E-state index is 6.06. The minimum atomic E-state index is 0.0353. The van der Waals surface area contributed by atoms with Crippen LogP contribution in [-0.2, 0) is 5.41 Å². The lowest BCUT2D eigenvalue weighted by molar-refractivity contribution is 0.250. The molecule has 0 aliphatic carbocycles. The smallest absolute Gasteiger partial charge is 0.123 e. The average molecular weight is 293 g/mol. The molecule has 1 aromatic rings. The molecule has 1 aromatic carbocycles. The van der Waals surface area contributed by atoms with Gasteiger partial charge < -0.3 is 14.8 Å². The first-order chi connectivity index (χ1) is 9.88. The number of rotatable bonds is 8. The highest BCUT2D eigenvalue weighted by Gasteiger charge is 2.20. The van der Waals surface area contributed by atoms with Crippen LogP contribution in [0.3, 0.4) is 0 Å². The molecule has 0 radical (unpaired) electrons. The number of hydrogen-bond donors (Lipinski definition) is 1. The third-order valence-corrected chi connectivity index (χ3v) is 3.44. The van der Waals surface area contributed by atoms with E-state index in [-0.39, 0.29) is 5.41 Å². The van der Waals surface area contributed by atoms with E-state index >= 15 is 0 Å². The van der Waals surface area contributed by atoms with E-state index < -0.39 is 0 Å². The van der Waals surface area contributed by atoms with Crippen molar-refractivity contribution in [1.82, 2.24) is 5.32 Å². The topological polar surface area (TPSA) is 30.5 Å². The van der Waals surface area contributed by atoms with Crippen molar-refractivity contribution in [3.63, 3.8) is 0 Å². The van der Waals surface area contributed by atoms with Crippen molar-refractivity contribution >= 4 is 0 Å². The molecule has 0 spiro atoms. The summed E-state index contributed by atoms with van der Waals surface area (Å²) in [4.78, 5) is 0. The second-order valence-electron chi connectivity index (χ2n) is 6.73. The lowest BCUT2D eigenvalue weighted by Gasteiger charge is -2.24. The Labute approximate surface area is 130 Å². The fraction of sp³-hybridized carbons (Fsp3) is 0.667. The molecule has 0 heterocycles. The quantitative estimate of drug-likeness (QED) is 0.735. The molecule has 1 rings (SSSR count). The molecule has 1 unspecified atom stereocenters. The molecule has 1 atom stereocenters. The van der Waals surface area contributed by atoms with Crippen molar-refractivity contribution in [1.29, 1.82) is 0 Å². The van der Waals surface area contributed by atoms with Crippen molar-refractivity contribution in [2.75, 3.05) is 26.8 Å². The van der Waals surface area contributed by atoms with Crippen LogP contribution in [0, 0.1) is 5.92 Å². The summed E-state index contributed by atoms with van der Waals surface area (Å²) in [5.74, 6) is 2.34. The van der Waals surface area contributed by atoms with E-state index in [0.29, 0.717) is 5.92 Å². The molecule has 0 saturated carbocycles. The minimum Gasteiger partial charge on any atom is -0.497 e. The van der Waals surface area contributed by atoms with E-state index in [2.05, 4.69) is 46.0 Å². The SMILES string of the molecule is CCCNCC(C)COc1ccc(OC)cc1C(C)(C)C. The molecule has 0 bridgehead atoms. The summed E-state index contributed by atoms with van der Waals surface area (Å²) in [5.41, 5.74) is 1.23. The van der Waals surface area contributed by atoms with Crippen LogP contribution >= 0.6 is 0 Å². The van der Waals surface area contributed by atoms with Crippen LogP contribution in [0.25, 0.3) is 0 Å². The Hall–Kier alpha value is -1.22. The summed E-state index contributed by atoms with van der Waals surface area (Å²) >= 11 is 0. The monoisotopic (exact) mass is 293 g/mol. The Morgan fingerprint density at radius 1 is 1.24 bits per heavy atom. The molecule has 21 heavy (non-hydrogen) atoms. The number of ether oxygens (including phenoxy) is 2. The van der Waals surface area contributed by atoms with Crippen LogP contribution in [-0.4, -0.2) is 26.8 Å². The van der Waals surface area contributed by atoms with Gasteiger partial charge in [-0.2, -0.15) is 0 Å². The first-order valence-electron chi connectivity index (χ1n) is 7.90. The lowest BCUT2D eigenvalue weighted by atomic mass is 9.86. The molecule has 0 aliphatic heterocycles. The Bertz CT molecular complexity index is 424. The molecule has 3 nitrogen and oxygen atoms in total. The van der Waals surface area contributed by atoms with Crippen molar-refractivity contribution in [3.8, 4) is 11.5 Å². The van der Waals surface area contributed by atoms with Gasteiger partial charge in [-0.15, -0.1) is 0 Å². The van der Waals surface area contributed by atoms with Crippen molar-refractivity contribution in [2.24, 2.45) is 5.92 Å². The second kappa shape index (κ2) is 8.28. The van der Waals surface area contributed by atoms with Crippen molar-refractivity contribution < 1.29 is 9.47 Å². The van der Waals surface area contributed by atoms with Crippen LogP contribution in [0.2, 0.25) is 0 Å². The van der Waals surface area contributed by atoms with Gasteiger partial charge >= 0.3 is 0 Å². The molecule has 0 amide bonds. The van der Waals surface area contributed by atoms with Gasteiger partial charge in [-0.1, -0.05) is 34.6 Å². The zero-order chi connectivity index (χ0) is 15.9. The van der Waals surface area contributed by atoms with Crippen LogP contribution < -0.4 is 14.8 Å². The average Bonchev–Trinajstić information content (AvgIpc) is 2.44. The van der Waals surface area contributed by atoms with Crippen LogP contribution in [0.4, 0.5) is 0 Å². The lowest BCUT2D eigenvalue weighted by Crippen LogP contribution is -2.26. The van der Waals surface area contributed by atoms with Crippen LogP contribution in [0.15, 0.2) is 18.2 Å². The Kier molecular flexibility index (Phi) is 7.03. The zero-order valence-corrected chi connectivity index (χ0v) is 14.5. The number of methoxy groups -OCH3 is 1. The van der Waals surface area contributed by atoms with Gasteiger partial charge in [-0.3, -0.25) is 0 Å². The molecular weight excluding hydrogens is 262 g/mol. The summed E-state index contributed by atoms with van der Waals surface area (Å²) in [6, 6.07) is 6.06. The van der Waals surface area contributed by atoms with Gasteiger partial charge in [-0.25, -0.2) is 0 Å². The van der Waals surface area contributed by atoms with Crippen molar-refractivity contribution in [3.05, 3.63) is 23.8 Å². The number of benzene rings is 1. The predicted molar refractivity (Wildman–Crippen MR) is 89.5 cm³/mol. The third kappa shape index (κ3) is 5.96. The van der Waals surface area contributed by atoms with Crippen LogP contribution in [0.1, 0.15) is 46.6 Å². The Balaban J connectivity index is 2.70. The highest BCUT2D eigenvalue weighted by atomic mass is 16.5. The summed E-state index contributed by atoms with van der Waals surface area (Å²) in [5, 5.41) is 3.43. The van der Waals surface area contributed by atoms with Gasteiger partial charge in [-0.05, 0) is 36.6 Å². The second-order valence-corrected chi connectivity index (χ2v) is 6.73. The van der Waals surface area contributed by atoms with Gasteiger partial charge in [0.25, 0.3) is 0 Å². The van der Waals surface area contributed by atoms with Gasteiger partial charge in [0.15, 0.2) is 0 Å². The Morgan fingerprint density at radius 3 is 2.52 bits per heavy atom. The highest BCUT2D eigenvalue weighted by molar-refractivity contribution is 5.44. The maximum atomic E-state index is 6.06. The third-order valence-electron chi connectivity index (χ3n) is 3.44. The van der Waals surface area contributed by atoms with Gasteiger partial charge in [0.05, 0.1) is 13.7 Å². The van der Waals surface area contributed by atoms with Crippen LogP contribution in [0.5, 0.6) is 11.5 Å². The van der Waals surface area contributed by atoms with E-state index in [4.69, 9.17) is 9.47 Å². The minimum absolute atomic E-state index is 0.0353. The van der Waals surface area contributed by atoms with E-state index in [1.54, 1.807) is 7.11 Å². The molecule has 3 heteroatoms. The summed E-state index contributed by atoms with van der Waals surface area (Å²) in [7, 11) is 1.70. The molecule has 0 aliphatic rings. The number of nitrogens with one attached hydrogen (secondary N) is 1. The zero-order valence-electron chi connectivity index (χ0n) is 14.5. The summed E-state index contributed by atoms with van der Waals surface area (Å²) < 4.78 is 11.4. The van der Waals surface area contributed by atoms with E-state index in [1.165, 1.54) is 12.0 Å². The molecule has 0 fully saturated rings. The molecule has 120 valence electrons. The van der Waals surface area contributed by atoms with E-state index in [9.17, 15) is 0 Å². The molecule has 0 aromatic heterocycles. The molecule has 1 N–H and O–H groups in total. The van der Waals surface area contributed by atoms with E-state index in [1.807, 2.05) is 12.1 Å². The van der Waals surface area contributed by atoms with Gasteiger partial charge in [0, 0.05) is 18.0 Å². The maximum Gasteiger partial charge on any atom is 0.123 e. The normalized spacial score (nSPS) is 13.0. The highest BCUT2D eigenvalue weighted by Crippen LogP contribution is 2.34. The molecular formula is C18H31NO2. The first kappa shape index (κ1) is 17.8. The van der Waals surface area contributed by atoms with Gasteiger partial charge in [0.1, 0.15) is 11.5 Å². The number of hydrogen-bond acceptors (Lipinski definition) is 3. The first-order valence-corrected chi connectivity index (χ1v) is 7.90. The fourth-order valence-corrected chi connectivity index (χ4v) is 2.16. The van der Waals surface area contributed by atoms with Gasteiger partial charge in [0.2, 0.25) is 0 Å². The summed E-state index contributed by atoms with van der Waals surface area (Å²) in [6.07, 6.45) is 1.17. The summed E-state index contributed by atoms with van der Waals surface area (Å²) in [6.45, 7) is 13.8. The van der Waals surface area contributed by atoms with E-state index in [0.717, 1.165) is 31.2 Å². The largest absolute Gasteiger partial charge is 0.497 e. The molecule has 0 saturated heterocycles. The predicted octanol–water partition coefficient (Wildman–Crippen LogP) is 4.01. The Morgan fingerprint density at radius 2 is 1.95 bits per heavy atom.